The second-order valence-corrected chi connectivity index (χ2v) is 5.93. The van der Waals surface area contributed by atoms with Gasteiger partial charge in [-0.1, -0.05) is 6.08 Å². The van der Waals surface area contributed by atoms with Crippen molar-refractivity contribution in [1.29, 1.82) is 0 Å². The summed E-state index contributed by atoms with van der Waals surface area (Å²) in [6.07, 6.45) is 3.53. The minimum atomic E-state index is -0.831. The number of carbonyl (C=O) groups excluding carboxylic acids is 1. The molecule has 3 heterocycles. The van der Waals surface area contributed by atoms with Crippen LogP contribution in [0.1, 0.15) is 25.6 Å². The van der Waals surface area contributed by atoms with E-state index in [4.69, 9.17) is 0 Å². The molecule has 0 saturated carbocycles. The van der Waals surface area contributed by atoms with Gasteiger partial charge in [-0.15, -0.1) is 6.58 Å². The molecule has 0 aliphatic heterocycles. The number of aromatic nitrogens is 5. The molecule has 1 unspecified atom stereocenters. The summed E-state index contributed by atoms with van der Waals surface area (Å²) in [6, 6.07) is -0.831. The van der Waals surface area contributed by atoms with E-state index >= 15 is 0 Å². The van der Waals surface area contributed by atoms with Crippen molar-refractivity contribution in [2.24, 2.45) is 7.05 Å². The summed E-state index contributed by atoms with van der Waals surface area (Å²) in [5.41, 5.74) is 0.427. The normalized spacial score (nSPS) is 12.8. The molecule has 0 aromatic carbocycles. The summed E-state index contributed by atoms with van der Waals surface area (Å²) in [5.74, 6) is 0.303. The smallest absolute Gasteiger partial charge is 0.310 e. The van der Waals surface area contributed by atoms with Crippen LogP contribution >= 0.6 is 0 Å². The third-order valence-corrected chi connectivity index (χ3v) is 4.38. The van der Waals surface area contributed by atoms with E-state index < -0.39 is 17.3 Å². The van der Waals surface area contributed by atoms with Crippen LogP contribution in [0, 0.1) is 6.92 Å². The van der Waals surface area contributed by atoms with Gasteiger partial charge in [-0.25, -0.2) is 9.36 Å². The zero-order valence-corrected chi connectivity index (χ0v) is 14.1. The van der Waals surface area contributed by atoms with Crippen molar-refractivity contribution in [3.05, 3.63) is 45.4 Å². The molecule has 8 heteroatoms. The largest absolute Gasteiger partial charge is 0.333 e. The number of hydrogen-bond acceptors (Lipinski definition) is 4. The molecule has 0 spiro atoms. The van der Waals surface area contributed by atoms with E-state index in [1.54, 1.807) is 30.6 Å². The Morgan fingerprint density at radius 2 is 2.08 bits per heavy atom. The van der Waals surface area contributed by atoms with E-state index in [0.29, 0.717) is 18.0 Å². The predicted molar refractivity (Wildman–Crippen MR) is 90.5 cm³/mol. The van der Waals surface area contributed by atoms with Gasteiger partial charge in [0.05, 0.1) is 6.04 Å². The number of imidazole rings is 2. The molecule has 0 saturated heterocycles. The molecule has 8 nitrogen and oxygen atoms in total. The number of Topliss-reactive ketones (excluding diaryl/α,β-unsaturated/α-hetero) is 1. The topological polar surface area (TPSA) is 83.3 Å². The Labute approximate surface area is 137 Å². The van der Waals surface area contributed by atoms with Gasteiger partial charge < -0.3 is 4.57 Å². The maximum atomic E-state index is 12.9. The Hall–Kier alpha value is -2.90. The molecule has 0 N–H and O–H groups in total. The number of allylic oxidation sites excluding steroid dienone is 1. The van der Waals surface area contributed by atoms with Gasteiger partial charge in [0, 0.05) is 25.5 Å². The first-order valence-electron chi connectivity index (χ1n) is 7.60. The van der Waals surface area contributed by atoms with Gasteiger partial charge in [-0.3, -0.25) is 18.6 Å². The van der Waals surface area contributed by atoms with Crippen LogP contribution in [0.15, 0.2) is 28.4 Å². The maximum Gasteiger partial charge on any atom is 0.333 e. The Balaban J connectivity index is 2.52. The molecule has 3 rings (SSSR count). The average Bonchev–Trinajstić information content (AvgIpc) is 3.02. The summed E-state index contributed by atoms with van der Waals surface area (Å²) in [5, 5.41) is 0. The van der Waals surface area contributed by atoms with Gasteiger partial charge >= 0.3 is 5.69 Å². The minimum absolute atomic E-state index is 0.255. The summed E-state index contributed by atoms with van der Waals surface area (Å²) in [4.78, 5) is 41.6. The molecule has 0 amide bonds. The molecular formula is C16H19N5O3. The number of nitrogens with zero attached hydrogens (tertiary/aromatic N) is 5. The van der Waals surface area contributed by atoms with Crippen molar-refractivity contribution < 1.29 is 4.79 Å². The molecule has 3 aromatic rings. The molecule has 0 aliphatic rings. The number of aryl methyl sites for hydroxylation is 2. The number of carbonyl (C=O) groups is 1. The molecule has 3 aromatic heterocycles. The van der Waals surface area contributed by atoms with Gasteiger partial charge in [-0.05, 0) is 20.8 Å². The highest BCUT2D eigenvalue weighted by Gasteiger charge is 2.23. The Kier molecular flexibility index (Phi) is 3.55. The average molecular weight is 329 g/mol. The highest BCUT2D eigenvalue weighted by atomic mass is 16.2. The van der Waals surface area contributed by atoms with Crippen molar-refractivity contribution in [2.45, 2.75) is 33.4 Å². The first-order valence-corrected chi connectivity index (χ1v) is 7.60. The summed E-state index contributed by atoms with van der Waals surface area (Å²) in [7, 11) is 1.55. The molecule has 1 atom stereocenters. The predicted octanol–water partition coefficient (Wildman–Crippen LogP) is 0.794. The van der Waals surface area contributed by atoms with Crippen molar-refractivity contribution >= 4 is 22.7 Å². The molecule has 126 valence electrons. The standard InChI is InChI=1S/C16H19N5O3/c1-6-7-19-9(2)8-20-12-13(17-15(19)20)18(5)16(24)21(14(12)23)10(3)11(4)22/h6,8,10H,1,7H2,2-5H3. The van der Waals surface area contributed by atoms with E-state index in [-0.39, 0.29) is 11.3 Å². The van der Waals surface area contributed by atoms with Crippen LogP contribution in [0.25, 0.3) is 16.9 Å². The minimum Gasteiger partial charge on any atom is -0.310 e. The SMILES string of the molecule is C=CCn1c(C)cn2c3c(=O)n(C(C)C(C)=O)c(=O)n(C)c3nc12. The zero-order valence-electron chi connectivity index (χ0n) is 14.1. The van der Waals surface area contributed by atoms with Crippen LogP contribution in [0.4, 0.5) is 0 Å². The molecular weight excluding hydrogens is 310 g/mol. The lowest BCUT2D eigenvalue weighted by Crippen LogP contribution is -2.42. The van der Waals surface area contributed by atoms with E-state index in [0.717, 1.165) is 10.3 Å². The lowest BCUT2D eigenvalue weighted by atomic mass is 10.2. The third kappa shape index (κ3) is 1.99. The molecule has 0 fully saturated rings. The van der Waals surface area contributed by atoms with Gasteiger partial charge in [0.1, 0.15) is 0 Å². The monoisotopic (exact) mass is 329 g/mol. The molecule has 0 bridgehead atoms. The van der Waals surface area contributed by atoms with Crippen molar-refractivity contribution in [3.8, 4) is 0 Å². The Bertz CT molecular complexity index is 1110. The lowest BCUT2D eigenvalue weighted by Gasteiger charge is -2.12. The van der Waals surface area contributed by atoms with Gasteiger partial charge in [0.2, 0.25) is 5.78 Å². The summed E-state index contributed by atoms with van der Waals surface area (Å²) < 4.78 is 5.85. The fourth-order valence-corrected chi connectivity index (χ4v) is 2.90. The van der Waals surface area contributed by atoms with E-state index in [9.17, 15) is 14.4 Å². The third-order valence-electron chi connectivity index (χ3n) is 4.38. The van der Waals surface area contributed by atoms with Crippen LogP contribution in [-0.2, 0) is 18.4 Å². The van der Waals surface area contributed by atoms with Gasteiger partial charge in [0.25, 0.3) is 5.56 Å². The number of fused-ring (bicyclic) bond motifs is 3. The quantitative estimate of drug-likeness (QED) is 0.663. The second-order valence-electron chi connectivity index (χ2n) is 5.93. The number of ketones is 1. The molecule has 24 heavy (non-hydrogen) atoms. The lowest BCUT2D eigenvalue weighted by molar-refractivity contribution is -0.119. The zero-order chi connectivity index (χ0) is 17.8. The summed E-state index contributed by atoms with van der Waals surface area (Å²) >= 11 is 0. The van der Waals surface area contributed by atoms with Gasteiger partial charge in [-0.2, -0.15) is 4.98 Å². The van der Waals surface area contributed by atoms with Crippen molar-refractivity contribution in [2.75, 3.05) is 0 Å². The van der Waals surface area contributed by atoms with Crippen LogP contribution in [0.2, 0.25) is 0 Å². The highest BCUT2D eigenvalue weighted by Crippen LogP contribution is 2.16. The first-order chi connectivity index (χ1) is 11.3. The molecule has 0 aliphatic carbocycles. The van der Waals surface area contributed by atoms with E-state index in [1.807, 2.05) is 11.5 Å². The Morgan fingerprint density at radius 3 is 2.67 bits per heavy atom. The van der Waals surface area contributed by atoms with Crippen LogP contribution < -0.4 is 11.2 Å². The first kappa shape index (κ1) is 16.0. The van der Waals surface area contributed by atoms with Crippen molar-refractivity contribution in [1.82, 2.24) is 23.1 Å². The number of rotatable bonds is 4. The van der Waals surface area contributed by atoms with E-state index in [2.05, 4.69) is 11.6 Å². The highest BCUT2D eigenvalue weighted by molar-refractivity contribution is 5.80. The Morgan fingerprint density at radius 1 is 1.42 bits per heavy atom. The van der Waals surface area contributed by atoms with Crippen LogP contribution in [0.5, 0.6) is 0 Å². The molecule has 0 radical (unpaired) electrons. The summed E-state index contributed by atoms with van der Waals surface area (Å²) in [6.45, 7) is 9.08. The fraction of sp³-hybridized carbons (Fsp3) is 0.375. The fourth-order valence-electron chi connectivity index (χ4n) is 2.90. The van der Waals surface area contributed by atoms with Crippen molar-refractivity contribution in [3.63, 3.8) is 0 Å². The van der Waals surface area contributed by atoms with Crippen LogP contribution in [-0.4, -0.2) is 28.9 Å². The second kappa shape index (κ2) is 5.33. The van der Waals surface area contributed by atoms with Gasteiger partial charge in [0.15, 0.2) is 16.9 Å². The number of hydrogen-bond donors (Lipinski definition) is 0. The maximum absolute atomic E-state index is 12.9. The van der Waals surface area contributed by atoms with E-state index in [1.165, 1.54) is 11.5 Å². The van der Waals surface area contributed by atoms with Crippen LogP contribution in [0.3, 0.4) is 0 Å².